The first kappa shape index (κ1) is 8.05. The van der Waals surface area contributed by atoms with Gasteiger partial charge in [-0.25, -0.2) is 0 Å². The van der Waals surface area contributed by atoms with Gasteiger partial charge in [-0.05, 0) is 31.6 Å². The van der Waals surface area contributed by atoms with Gasteiger partial charge in [0.1, 0.15) is 0 Å². The molecule has 3 nitrogen and oxygen atoms in total. The van der Waals surface area contributed by atoms with Crippen molar-refractivity contribution in [3.63, 3.8) is 0 Å². The molecule has 0 saturated heterocycles. The van der Waals surface area contributed by atoms with Crippen molar-refractivity contribution in [2.75, 3.05) is 6.54 Å². The molecule has 0 bridgehead atoms. The lowest BCUT2D eigenvalue weighted by Gasteiger charge is -2.11. The van der Waals surface area contributed by atoms with Gasteiger partial charge in [-0.15, -0.1) is 0 Å². The van der Waals surface area contributed by atoms with Gasteiger partial charge in [-0.2, -0.15) is 0 Å². The van der Waals surface area contributed by atoms with Gasteiger partial charge in [-0.3, -0.25) is 4.79 Å². The van der Waals surface area contributed by atoms with E-state index in [0.717, 1.165) is 12.8 Å². The number of hydrogen-bond donors (Lipinski definition) is 2. The van der Waals surface area contributed by atoms with E-state index in [2.05, 4.69) is 5.32 Å². The summed E-state index contributed by atoms with van der Waals surface area (Å²) < 4.78 is 0. The molecule has 2 rings (SSSR count). The molecule has 0 aromatic carbocycles. The molecule has 0 aromatic heterocycles. The summed E-state index contributed by atoms with van der Waals surface area (Å²) in [6, 6.07) is 0.630. The van der Waals surface area contributed by atoms with E-state index in [-0.39, 0.29) is 5.92 Å². The normalized spacial score (nSPS) is 25.3. The van der Waals surface area contributed by atoms with E-state index >= 15 is 0 Å². The molecule has 2 saturated carbocycles. The molecule has 3 heteroatoms. The van der Waals surface area contributed by atoms with Crippen molar-refractivity contribution in [2.24, 2.45) is 11.8 Å². The van der Waals surface area contributed by atoms with E-state index < -0.39 is 5.97 Å². The Bertz CT molecular complexity index is 185. The quantitative estimate of drug-likeness (QED) is 0.641. The smallest absolute Gasteiger partial charge is 0.308 e. The average Bonchev–Trinajstić information content (AvgIpc) is 2.82. The third-order valence-electron chi connectivity index (χ3n) is 2.71. The van der Waals surface area contributed by atoms with Crippen molar-refractivity contribution in [3.8, 4) is 0 Å². The van der Waals surface area contributed by atoms with E-state index in [1.807, 2.05) is 0 Å². The maximum absolute atomic E-state index is 10.8. The van der Waals surface area contributed by atoms with E-state index in [4.69, 9.17) is 5.11 Å². The molecule has 68 valence electrons. The maximum atomic E-state index is 10.8. The minimum absolute atomic E-state index is 0.120. The molecule has 2 aliphatic carbocycles. The van der Waals surface area contributed by atoms with Crippen molar-refractivity contribution in [1.29, 1.82) is 0 Å². The standard InChI is InChI=1S/C9H15NO2/c11-9(12)8(6-1-2-6)5-10-7-3-4-7/h6-8,10H,1-5H2,(H,11,12). The van der Waals surface area contributed by atoms with Crippen LogP contribution in [0, 0.1) is 11.8 Å². The summed E-state index contributed by atoms with van der Waals surface area (Å²) in [7, 11) is 0. The number of aliphatic carboxylic acids is 1. The molecule has 0 aromatic rings. The molecular weight excluding hydrogens is 154 g/mol. The minimum atomic E-state index is -0.620. The molecular formula is C9H15NO2. The fraction of sp³-hybridized carbons (Fsp3) is 0.889. The Labute approximate surface area is 72.2 Å². The SMILES string of the molecule is O=C(O)C(CNC1CC1)C1CC1. The zero-order chi connectivity index (χ0) is 8.55. The highest BCUT2D eigenvalue weighted by Crippen LogP contribution is 2.37. The predicted molar refractivity (Wildman–Crippen MR) is 44.9 cm³/mol. The summed E-state index contributed by atoms with van der Waals surface area (Å²) in [4.78, 5) is 10.8. The zero-order valence-corrected chi connectivity index (χ0v) is 7.12. The number of nitrogens with one attached hydrogen (secondary N) is 1. The van der Waals surface area contributed by atoms with Crippen LogP contribution in [0.2, 0.25) is 0 Å². The van der Waals surface area contributed by atoms with Crippen LogP contribution in [-0.2, 0) is 4.79 Å². The molecule has 2 aliphatic rings. The molecule has 0 radical (unpaired) electrons. The topological polar surface area (TPSA) is 49.3 Å². The molecule has 2 N–H and O–H groups in total. The van der Waals surface area contributed by atoms with Crippen molar-refractivity contribution in [1.82, 2.24) is 5.32 Å². The summed E-state index contributed by atoms with van der Waals surface area (Å²) in [5.74, 6) is -0.273. The van der Waals surface area contributed by atoms with Crippen LogP contribution in [0.1, 0.15) is 25.7 Å². The maximum Gasteiger partial charge on any atom is 0.308 e. The molecule has 2 fully saturated rings. The third kappa shape index (κ3) is 1.97. The Morgan fingerprint density at radius 3 is 2.50 bits per heavy atom. The van der Waals surface area contributed by atoms with Gasteiger partial charge in [0, 0.05) is 12.6 Å². The molecule has 12 heavy (non-hydrogen) atoms. The van der Waals surface area contributed by atoms with Crippen LogP contribution in [0.15, 0.2) is 0 Å². The minimum Gasteiger partial charge on any atom is -0.481 e. The highest BCUT2D eigenvalue weighted by molar-refractivity contribution is 5.71. The summed E-state index contributed by atoms with van der Waals surface area (Å²) in [5, 5.41) is 12.2. The van der Waals surface area contributed by atoms with Crippen LogP contribution < -0.4 is 5.32 Å². The molecule has 0 spiro atoms. The first-order chi connectivity index (χ1) is 5.77. The Balaban J connectivity index is 1.75. The summed E-state index contributed by atoms with van der Waals surface area (Å²) >= 11 is 0. The van der Waals surface area contributed by atoms with Gasteiger partial charge in [0.05, 0.1) is 5.92 Å². The Kier molecular flexibility index (Phi) is 2.05. The first-order valence-electron chi connectivity index (χ1n) is 4.73. The number of carbonyl (C=O) groups is 1. The van der Waals surface area contributed by atoms with E-state index in [1.54, 1.807) is 0 Å². The summed E-state index contributed by atoms with van der Waals surface area (Å²) in [6.07, 6.45) is 4.70. The molecule has 0 aliphatic heterocycles. The fourth-order valence-corrected chi connectivity index (χ4v) is 1.54. The highest BCUT2D eigenvalue weighted by atomic mass is 16.4. The van der Waals surface area contributed by atoms with Crippen molar-refractivity contribution < 1.29 is 9.90 Å². The van der Waals surface area contributed by atoms with Gasteiger partial charge < -0.3 is 10.4 Å². The third-order valence-corrected chi connectivity index (χ3v) is 2.71. The van der Waals surface area contributed by atoms with Gasteiger partial charge >= 0.3 is 5.97 Å². The second-order valence-electron chi connectivity index (χ2n) is 3.96. The van der Waals surface area contributed by atoms with Gasteiger partial charge in [0.25, 0.3) is 0 Å². The molecule has 0 heterocycles. The van der Waals surface area contributed by atoms with Crippen LogP contribution in [0.3, 0.4) is 0 Å². The van der Waals surface area contributed by atoms with Crippen LogP contribution in [0.25, 0.3) is 0 Å². The molecule has 1 unspecified atom stereocenters. The number of carboxylic acid groups (broad SMARTS) is 1. The highest BCUT2D eigenvalue weighted by Gasteiger charge is 2.36. The molecule has 0 amide bonds. The van der Waals surface area contributed by atoms with Crippen molar-refractivity contribution >= 4 is 5.97 Å². The predicted octanol–water partition coefficient (Wildman–Crippen LogP) is 0.849. The number of carboxylic acids is 1. The van der Waals surface area contributed by atoms with Crippen molar-refractivity contribution in [3.05, 3.63) is 0 Å². The number of rotatable bonds is 5. The summed E-state index contributed by atoms with van der Waals surface area (Å²) in [6.45, 7) is 0.685. The number of hydrogen-bond acceptors (Lipinski definition) is 2. The van der Waals surface area contributed by atoms with Crippen LogP contribution in [0.5, 0.6) is 0 Å². The van der Waals surface area contributed by atoms with E-state index in [0.29, 0.717) is 18.5 Å². The molecule has 1 atom stereocenters. The van der Waals surface area contributed by atoms with Crippen molar-refractivity contribution in [2.45, 2.75) is 31.7 Å². The summed E-state index contributed by atoms with van der Waals surface area (Å²) in [5.41, 5.74) is 0. The van der Waals surface area contributed by atoms with Gasteiger partial charge in [0.2, 0.25) is 0 Å². The van der Waals surface area contributed by atoms with Crippen LogP contribution in [-0.4, -0.2) is 23.7 Å². The van der Waals surface area contributed by atoms with E-state index in [9.17, 15) is 4.79 Å². The van der Waals surface area contributed by atoms with Gasteiger partial charge in [0.15, 0.2) is 0 Å². The largest absolute Gasteiger partial charge is 0.481 e. The Morgan fingerprint density at radius 2 is 2.08 bits per heavy atom. The van der Waals surface area contributed by atoms with Gasteiger partial charge in [-0.1, -0.05) is 0 Å². The second-order valence-corrected chi connectivity index (χ2v) is 3.96. The van der Waals surface area contributed by atoms with Crippen LogP contribution >= 0.6 is 0 Å². The lowest BCUT2D eigenvalue weighted by molar-refractivity contribution is -0.142. The zero-order valence-electron chi connectivity index (χ0n) is 7.12. The Hall–Kier alpha value is -0.570. The van der Waals surface area contributed by atoms with E-state index in [1.165, 1.54) is 12.8 Å². The lowest BCUT2D eigenvalue weighted by Crippen LogP contribution is -2.31. The second kappa shape index (κ2) is 3.05. The first-order valence-corrected chi connectivity index (χ1v) is 4.73. The lowest BCUT2D eigenvalue weighted by atomic mass is 10.0. The fourth-order valence-electron chi connectivity index (χ4n) is 1.54. The average molecular weight is 169 g/mol. The Morgan fingerprint density at radius 1 is 1.42 bits per heavy atom. The van der Waals surface area contributed by atoms with Crippen LogP contribution in [0.4, 0.5) is 0 Å². The monoisotopic (exact) mass is 169 g/mol.